The van der Waals surface area contributed by atoms with Crippen molar-refractivity contribution in [3.05, 3.63) is 57.2 Å². The molecule has 1 aliphatic rings. The molecule has 1 aliphatic heterocycles. The number of halogens is 2. The van der Waals surface area contributed by atoms with Gasteiger partial charge in [-0.2, -0.15) is 0 Å². The van der Waals surface area contributed by atoms with E-state index < -0.39 is 5.60 Å². The van der Waals surface area contributed by atoms with Crippen LogP contribution in [-0.4, -0.2) is 28.4 Å². The SMILES string of the molecule is O=c1cc(-c2ccccc2F)c(Br)cn1CC1(O)CCNCC1. The Bertz CT molecular complexity index is 769. The minimum Gasteiger partial charge on any atom is -0.388 e. The fraction of sp³-hybridized carbons (Fsp3) is 0.353. The van der Waals surface area contributed by atoms with Crippen LogP contribution in [-0.2, 0) is 6.54 Å². The van der Waals surface area contributed by atoms with Gasteiger partial charge < -0.3 is 15.0 Å². The van der Waals surface area contributed by atoms with Gasteiger partial charge >= 0.3 is 0 Å². The quantitative estimate of drug-likeness (QED) is 0.859. The number of pyridine rings is 1. The van der Waals surface area contributed by atoms with Crippen molar-refractivity contribution in [1.82, 2.24) is 9.88 Å². The molecule has 1 fully saturated rings. The summed E-state index contributed by atoms with van der Waals surface area (Å²) in [6.07, 6.45) is 2.84. The Morgan fingerprint density at radius 2 is 1.96 bits per heavy atom. The van der Waals surface area contributed by atoms with Gasteiger partial charge in [0.05, 0.1) is 12.1 Å². The van der Waals surface area contributed by atoms with E-state index in [1.54, 1.807) is 24.4 Å². The predicted molar refractivity (Wildman–Crippen MR) is 90.8 cm³/mol. The van der Waals surface area contributed by atoms with Gasteiger partial charge in [0.2, 0.25) is 0 Å². The molecule has 1 saturated heterocycles. The van der Waals surface area contributed by atoms with Crippen molar-refractivity contribution in [2.24, 2.45) is 0 Å². The molecule has 3 rings (SSSR count). The molecule has 2 heterocycles. The van der Waals surface area contributed by atoms with Crippen LogP contribution >= 0.6 is 15.9 Å². The number of rotatable bonds is 3. The summed E-state index contributed by atoms with van der Waals surface area (Å²) in [7, 11) is 0. The Hall–Kier alpha value is -1.50. The zero-order chi connectivity index (χ0) is 16.4. The van der Waals surface area contributed by atoms with E-state index in [0.29, 0.717) is 28.4 Å². The number of aromatic nitrogens is 1. The Balaban J connectivity index is 1.95. The summed E-state index contributed by atoms with van der Waals surface area (Å²) in [5.74, 6) is -0.373. The highest BCUT2D eigenvalue weighted by molar-refractivity contribution is 9.10. The van der Waals surface area contributed by atoms with Gasteiger partial charge in [-0.25, -0.2) is 4.39 Å². The first kappa shape index (κ1) is 16.4. The standard InChI is InChI=1S/C17H18BrFN2O2/c18-14-10-21(11-17(23)5-7-20-8-6-17)16(22)9-13(14)12-3-1-2-4-15(12)19/h1-4,9-10,20,23H,5-8,11H2. The highest BCUT2D eigenvalue weighted by atomic mass is 79.9. The van der Waals surface area contributed by atoms with Crippen LogP contribution in [0.15, 0.2) is 45.8 Å². The number of nitrogens with one attached hydrogen (secondary N) is 1. The van der Waals surface area contributed by atoms with Crippen molar-refractivity contribution in [3.8, 4) is 11.1 Å². The molecular formula is C17H18BrFN2O2. The number of aliphatic hydroxyl groups is 1. The van der Waals surface area contributed by atoms with Crippen LogP contribution in [0.5, 0.6) is 0 Å². The lowest BCUT2D eigenvalue weighted by atomic mass is 9.92. The van der Waals surface area contributed by atoms with Gasteiger partial charge in [-0.15, -0.1) is 0 Å². The molecule has 0 unspecified atom stereocenters. The van der Waals surface area contributed by atoms with Gasteiger partial charge in [0.1, 0.15) is 5.82 Å². The maximum absolute atomic E-state index is 13.9. The van der Waals surface area contributed by atoms with Gasteiger partial charge in [0, 0.05) is 27.9 Å². The molecule has 0 spiro atoms. The van der Waals surface area contributed by atoms with E-state index in [1.807, 2.05) is 0 Å². The molecule has 0 atom stereocenters. The third-order valence-corrected chi connectivity index (χ3v) is 4.87. The minimum atomic E-state index is -0.881. The molecule has 0 saturated carbocycles. The predicted octanol–water partition coefficient (Wildman–Crippen LogP) is 2.53. The van der Waals surface area contributed by atoms with Crippen LogP contribution in [0.2, 0.25) is 0 Å². The molecule has 6 heteroatoms. The van der Waals surface area contributed by atoms with E-state index in [2.05, 4.69) is 21.2 Å². The smallest absolute Gasteiger partial charge is 0.251 e. The number of nitrogens with zero attached hydrogens (tertiary/aromatic N) is 1. The zero-order valence-corrected chi connectivity index (χ0v) is 14.1. The molecule has 0 bridgehead atoms. The van der Waals surface area contributed by atoms with E-state index in [4.69, 9.17) is 0 Å². The van der Waals surface area contributed by atoms with E-state index in [0.717, 1.165) is 13.1 Å². The highest BCUT2D eigenvalue weighted by Gasteiger charge is 2.30. The van der Waals surface area contributed by atoms with Gasteiger partial charge in [-0.05, 0) is 47.9 Å². The Morgan fingerprint density at radius 3 is 2.65 bits per heavy atom. The van der Waals surface area contributed by atoms with E-state index in [1.165, 1.54) is 16.7 Å². The largest absolute Gasteiger partial charge is 0.388 e. The monoisotopic (exact) mass is 380 g/mol. The number of hydrogen-bond donors (Lipinski definition) is 2. The third kappa shape index (κ3) is 3.54. The minimum absolute atomic E-state index is 0.240. The van der Waals surface area contributed by atoms with Crippen molar-refractivity contribution in [3.63, 3.8) is 0 Å². The van der Waals surface area contributed by atoms with Crippen LogP contribution in [0.1, 0.15) is 12.8 Å². The lowest BCUT2D eigenvalue weighted by molar-refractivity contribution is -0.00619. The lowest BCUT2D eigenvalue weighted by Crippen LogP contribution is -2.46. The van der Waals surface area contributed by atoms with Crippen molar-refractivity contribution in [2.45, 2.75) is 25.0 Å². The maximum Gasteiger partial charge on any atom is 0.251 e. The second-order valence-corrected chi connectivity index (χ2v) is 6.81. The average Bonchev–Trinajstić information content (AvgIpc) is 2.52. The van der Waals surface area contributed by atoms with Gasteiger partial charge in [0.15, 0.2) is 0 Å². The maximum atomic E-state index is 13.9. The number of hydrogen-bond acceptors (Lipinski definition) is 3. The number of benzene rings is 1. The normalized spacial score (nSPS) is 17.2. The van der Waals surface area contributed by atoms with E-state index in [9.17, 15) is 14.3 Å². The molecule has 4 nitrogen and oxygen atoms in total. The Kier molecular flexibility index (Phi) is 4.66. The Labute approximate surface area is 142 Å². The molecule has 2 N–H and O–H groups in total. The fourth-order valence-electron chi connectivity index (χ4n) is 2.92. The zero-order valence-electron chi connectivity index (χ0n) is 12.6. The molecule has 0 radical (unpaired) electrons. The first-order valence-corrected chi connectivity index (χ1v) is 8.36. The number of piperidine rings is 1. The first-order chi connectivity index (χ1) is 11.0. The second-order valence-electron chi connectivity index (χ2n) is 5.96. The molecule has 0 amide bonds. The molecule has 0 aliphatic carbocycles. The summed E-state index contributed by atoms with van der Waals surface area (Å²) in [4.78, 5) is 12.4. The van der Waals surface area contributed by atoms with Crippen LogP contribution in [0.25, 0.3) is 11.1 Å². The summed E-state index contributed by atoms with van der Waals surface area (Å²) in [6.45, 7) is 1.71. The van der Waals surface area contributed by atoms with Crippen LogP contribution in [0, 0.1) is 5.82 Å². The summed E-state index contributed by atoms with van der Waals surface area (Å²) < 4.78 is 16.1. The molecule has 122 valence electrons. The van der Waals surface area contributed by atoms with Crippen molar-refractivity contribution >= 4 is 15.9 Å². The van der Waals surface area contributed by atoms with Gasteiger partial charge in [-0.1, -0.05) is 18.2 Å². The highest BCUT2D eigenvalue weighted by Crippen LogP contribution is 2.29. The van der Waals surface area contributed by atoms with Crippen LogP contribution < -0.4 is 10.9 Å². The van der Waals surface area contributed by atoms with Gasteiger partial charge in [0.25, 0.3) is 5.56 Å². The van der Waals surface area contributed by atoms with Crippen molar-refractivity contribution in [2.75, 3.05) is 13.1 Å². The topological polar surface area (TPSA) is 54.3 Å². The Morgan fingerprint density at radius 1 is 1.26 bits per heavy atom. The summed E-state index contributed by atoms with van der Waals surface area (Å²) in [5, 5.41) is 13.8. The summed E-state index contributed by atoms with van der Waals surface area (Å²) in [6, 6.07) is 7.76. The summed E-state index contributed by atoms with van der Waals surface area (Å²) >= 11 is 3.41. The molecule has 2 aromatic rings. The molecule has 1 aromatic heterocycles. The lowest BCUT2D eigenvalue weighted by Gasteiger charge is -2.33. The van der Waals surface area contributed by atoms with Crippen molar-refractivity contribution < 1.29 is 9.50 Å². The van der Waals surface area contributed by atoms with Crippen molar-refractivity contribution in [1.29, 1.82) is 0 Å². The summed E-state index contributed by atoms with van der Waals surface area (Å²) in [5.41, 5.74) is -0.238. The first-order valence-electron chi connectivity index (χ1n) is 7.56. The fourth-order valence-corrected chi connectivity index (χ4v) is 3.50. The molecule has 23 heavy (non-hydrogen) atoms. The molecular weight excluding hydrogens is 363 g/mol. The van der Waals surface area contributed by atoms with Crippen LogP contribution in [0.4, 0.5) is 4.39 Å². The molecule has 1 aromatic carbocycles. The van der Waals surface area contributed by atoms with Gasteiger partial charge in [-0.3, -0.25) is 4.79 Å². The average molecular weight is 381 g/mol. The van der Waals surface area contributed by atoms with Crippen LogP contribution in [0.3, 0.4) is 0 Å². The van der Waals surface area contributed by atoms with E-state index in [-0.39, 0.29) is 17.9 Å². The van der Waals surface area contributed by atoms with E-state index >= 15 is 0 Å². The second kappa shape index (κ2) is 6.55. The third-order valence-electron chi connectivity index (χ3n) is 4.24.